The van der Waals surface area contributed by atoms with Gasteiger partial charge >= 0.3 is 0 Å². The van der Waals surface area contributed by atoms with Gasteiger partial charge in [0.2, 0.25) is 10.0 Å². The van der Waals surface area contributed by atoms with Crippen LogP contribution in [0.3, 0.4) is 0 Å². The van der Waals surface area contributed by atoms with Crippen LogP contribution in [0.1, 0.15) is 40.0 Å². The van der Waals surface area contributed by atoms with Crippen molar-refractivity contribution < 1.29 is 13.2 Å². The first-order valence-corrected chi connectivity index (χ1v) is 10.3. The van der Waals surface area contributed by atoms with Crippen LogP contribution in [0.5, 0.6) is 0 Å². The second kappa shape index (κ2) is 7.68. The molecular formula is C19H23ClN2O3S. The van der Waals surface area contributed by atoms with Crippen LogP contribution in [-0.2, 0) is 10.0 Å². The Morgan fingerprint density at radius 1 is 1.15 bits per heavy atom. The number of sulfonamides is 1. The molecule has 2 aromatic rings. The Hall–Kier alpha value is -2.05. The third kappa shape index (κ3) is 4.56. The summed E-state index contributed by atoms with van der Waals surface area (Å²) in [5.74, 6) is -0.308. The van der Waals surface area contributed by atoms with Gasteiger partial charge in [-0.3, -0.25) is 9.10 Å². The van der Waals surface area contributed by atoms with Gasteiger partial charge in [0.05, 0.1) is 28.6 Å². The predicted octanol–water partition coefficient (Wildman–Crippen LogP) is 3.84. The Bertz CT molecular complexity index is 942. The molecule has 0 saturated carbocycles. The van der Waals surface area contributed by atoms with Crippen molar-refractivity contribution in [2.45, 2.75) is 26.8 Å². The van der Waals surface area contributed by atoms with Gasteiger partial charge in [-0.15, -0.1) is 0 Å². The highest BCUT2D eigenvalue weighted by Gasteiger charge is 2.18. The lowest BCUT2D eigenvalue weighted by atomic mass is 9.99. The number of carbonyl (C=O) groups is 1. The van der Waals surface area contributed by atoms with Crippen molar-refractivity contribution in [2.24, 2.45) is 0 Å². The van der Waals surface area contributed by atoms with Crippen molar-refractivity contribution >= 4 is 33.2 Å². The largest absolute Gasteiger partial charge is 0.345 e. The lowest BCUT2D eigenvalue weighted by Crippen LogP contribution is -2.28. The number of nitrogens with one attached hydrogen (secondary N) is 1. The average Bonchev–Trinajstić information content (AvgIpc) is 2.55. The number of halogens is 1. The SMILES string of the molecule is Cc1ccc(C)c([C@H](C)NC(=O)c2ccc(N(C)S(C)(=O)=O)cc2Cl)c1. The van der Waals surface area contributed by atoms with Crippen LogP contribution in [0.25, 0.3) is 0 Å². The molecule has 2 rings (SSSR count). The van der Waals surface area contributed by atoms with Gasteiger partial charge in [0, 0.05) is 7.05 Å². The van der Waals surface area contributed by atoms with E-state index >= 15 is 0 Å². The number of rotatable bonds is 5. The fourth-order valence-corrected chi connectivity index (χ4v) is 3.41. The molecule has 0 aliphatic heterocycles. The molecule has 0 aliphatic carbocycles. The summed E-state index contributed by atoms with van der Waals surface area (Å²) in [4.78, 5) is 12.6. The second-order valence-electron chi connectivity index (χ2n) is 6.45. The fraction of sp³-hybridized carbons (Fsp3) is 0.316. The first kappa shape index (κ1) is 20.3. The summed E-state index contributed by atoms with van der Waals surface area (Å²) in [6, 6.07) is 10.5. The summed E-state index contributed by atoms with van der Waals surface area (Å²) < 4.78 is 24.4. The van der Waals surface area contributed by atoms with E-state index in [2.05, 4.69) is 5.32 Å². The number of anilines is 1. The van der Waals surface area contributed by atoms with Crippen LogP contribution in [0.4, 0.5) is 5.69 Å². The summed E-state index contributed by atoms with van der Waals surface area (Å²) in [6.07, 6.45) is 1.10. The summed E-state index contributed by atoms with van der Waals surface area (Å²) in [6.45, 7) is 5.92. The van der Waals surface area contributed by atoms with E-state index in [0.29, 0.717) is 11.3 Å². The third-order valence-electron chi connectivity index (χ3n) is 4.31. The Labute approximate surface area is 160 Å². The van der Waals surface area contributed by atoms with Gasteiger partial charge in [-0.25, -0.2) is 8.42 Å². The van der Waals surface area contributed by atoms with E-state index < -0.39 is 10.0 Å². The molecule has 5 nitrogen and oxygen atoms in total. The lowest BCUT2D eigenvalue weighted by Gasteiger charge is -2.19. The van der Waals surface area contributed by atoms with E-state index in [0.717, 1.165) is 27.3 Å². The number of nitrogens with zero attached hydrogens (tertiary/aromatic N) is 1. The Kier molecular flexibility index (Phi) is 5.98. The second-order valence-corrected chi connectivity index (χ2v) is 8.87. The van der Waals surface area contributed by atoms with E-state index in [4.69, 9.17) is 11.6 Å². The van der Waals surface area contributed by atoms with Crippen molar-refractivity contribution in [2.75, 3.05) is 17.6 Å². The minimum Gasteiger partial charge on any atom is -0.345 e. The third-order valence-corrected chi connectivity index (χ3v) is 5.83. The van der Waals surface area contributed by atoms with Crippen molar-refractivity contribution in [3.05, 3.63) is 63.7 Å². The highest BCUT2D eigenvalue weighted by atomic mass is 35.5. The normalized spacial score (nSPS) is 12.5. The maximum atomic E-state index is 12.6. The first-order chi connectivity index (χ1) is 12.0. The van der Waals surface area contributed by atoms with Gasteiger partial charge in [-0.2, -0.15) is 0 Å². The van der Waals surface area contributed by atoms with Gasteiger partial charge in [-0.1, -0.05) is 35.4 Å². The van der Waals surface area contributed by atoms with Crippen molar-refractivity contribution in [1.29, 1.82) is 0 Å². The van der Waals surface area contributed by atoms with Gasteiger partial charge in [-0.05, 0) is 50.1 Å². The molecule has 0 radical (unpaired) electrons. The fourth-order valence-electron chi connectivity index (χ4n) is 2.65. The van der Waals surface area contributed by atoms with Crippen LogP contribution < -0.4 is 9.62 Å². The van der Waals surface area contributed by atoms with E-state index in [1.165, 1.54) is 19.2 Å². The van der Waals surface area contributed by atoms with E-state index in [1.807, 2.05) is 39.0 Å². The van der Waals surface area contributed by atoms with Gasteiger partial charge in [0.15, 0.2) is 0 Å². The first-order valence-electron chi connectivity index (χ1n) is 8.12. The van der Waals surface area contributed by atoms with Crippen LogP contribution in [0.2, 0.25) is 5.02 Å². The zero-order valence-corrected chi connectivity index (χ0v) is 17.1. The molecule has 1 atom stereocenters. The molecule has 1 amide bonds. The topological polar surface area (TPSA) is 66.5 Å². The molecule has 0 saturated heterocycles. The Morgan fingerprint density at radius 3 is 2.38 bits per heavy atom. The van der Waals surface area contributed by atoms with Crippen LogP contribution in [0.15, 0.2) is 36.4 Å². The smallest absolute Gasteiger partial charge is 0.253 e. The number of aryl methyl sites for hydroxylation is 2. The number of benzene rings is 2. The number of amides is 1. The van der Waals surface area contributed by atoms with Crippen LogP contribution >= 0.6 is 11.6 Å². The number of carbonyl (C=O) groups excluding carboxylic acids is 1. The number of hydrogen-bond donors (Lipinski definition) is 1. The summed E-state index contributed by atoms with van der Waals surface area (Å²) in [7, 11) is -1.96. The minimum absolute atomic E-state index is 0.183. The monoisotopic (exact) mass is 394 g/mol. The molecule has 0 aromatic heterocycles. The van der Waals surface area contributed by atoms with Crippen molar-refractivity contribution in [1.82, 2.24) is 5.32 Å². The lowest BCUT2D eigenvalue weighted by molar-refractivity contribution is 0.0940. The predicted molar refractivity (Wildman–Crippen MR) is 106 cm³/mol. The van der Waals surface area contributed by atoms with E-state index in [9.17, 15) is 13.2 Å². The minimum atomic E-state index is -3.40. The maximum absolute atomic E-state index is 12.6. The molecule has 0 unspecified atom stereocenters. The highest BCUT2D eigenvalue weighted by molar-refractivity contribution is 7.92. The van der Waals surface area contributed by atoms with Crippen LogP contribution in [0, 0.1) is 13.8 Å². The molecule has 1 N–H and O–H groups in total. The summed E-state index contributed by atoms with van der Waals surface area (Å²) in [5, 5.41) is 3.14. The molecule has 0 aliphatic rings. The standard InChI is InChI=1S/C19H23ClN2O3S/c1-12-6-7-13(2)17(10-12)14(3)21-19(23)16-9-8-15(11-18(16)20)22(4)26(5,24)25/h6-11,14H,1-5H3,(H,21,23)/t14-/m0/s1. The van der Waals surface area contributed by atoms with Gasteiger partial charge in [0.25, 0.3) is 5.91 Å². The molecule has 140 valence electrons. The van der Waals surface area contributed by atoms with Gasteiger partial charge in [0.1, 0.15) is 0 Å². The Morgan fingerprint density at radius 2 is 1.81 bits per heavy atom. The Balaban J connectivity index is 2.23. The quantitative estimate of drug-likeness (QED) is 0.837. The summed E-state index contributed by atoms with van der Waals surface area (Å²) in [5.41, 5.74) is 3.96. The van der Waals surface area contributed by atoms with Crippen molar-refractivity contribution in [3.8, 4) is 0 Å². The van der Waals surface area contributed by atoms with E-state index in [-0.39, 0.29) is 17.0 Å². The molecule has 0 bridgehead atoms. The molecule has 0 spiro atoms. The average molecular weight is 395 g/mol. The molecule has 0 fully saturated rings. The zero-order valence-electron chi connectivity index (χ0n) is 15.5. The summed E-state index contributed by atoms with van der Waals surface area (Å²) >= 11 is 6.22. The molecule has 26 heavy (non-hydrogen) atoms. The molecule has 2 aromatic carbocycles. The van der Waals surface area contributed by atoms with Crippen molar-refractivity contribution in [3.63, 3.8) is 0 Å². The molecular weight excluding hydrogens is 372 g/mol. The number of hydrogen-bond acceptors (Lipinski definition) is 3. The van der Waals surface area contributed by atoms with E-state index in [1.54, 1.807) is 6.07 Å². The molecule has 0 heterocycles. The van der Waals surface area contributed by atoms with Gasteiger partial charge < -0.3 is 5.32 Å². The highest BCUT2D eigenvalue weighted by Crippen LogP contribution is 2.26. The maximum Gasteiger partial charge on any atom is 0.253 e. The van der Waals surface area contributed by atoms with Crippen LogP contribution in [-0.4, -0.2) is 27.6 Å². The zero-order chi connectivity index (χ0) is 19.6. The molecule has 7 heteroatoms.